The summed E-state index contributed by atoms with van der Waals surface area (Å²) in [5.41, 5.74) is 1.22. The van der Waals surface area contributed by atoms with E-state index in [0.29, 0.717) is 5.02 Å². The quantitative estimate of drug-likeness (QED) is 0.826. The number of ether oxygens (including phenoxy) is 1. The van der Waals surface area contributed by atoms with Crippen molar-refractivity contribution in [2.75, 3.05) is 6.54 Å². The Hall–Kier alpha value is -1.03. The van der Waals surface area contributed by atoms with Gasteiger partial charge >= 0.3 is 0 Å². The van der Waals surface area contributed by atoms with Crippen molar-refractivity contribution < 1.29 is 4.74 Å². The van der Waals surface area contributed by atoms with E-state index in [0.717, 1.165) is 29.1 Å². The number of benzene rings is 2. The van der Waals surface area contributed by atoms with Gasteiger partial charge in [0, 0.05) is 11.6 Å². The van der Waals surface area contributed by atoms with Gasteiger partial charge in [0.1, 0.15) is 11.5 Å². The first-order valence-corrected chi connectivity index (χ1v) is 7.28. The molecule has 0 radical (unpaired) electrons. The van der Waals surface area contributed by atoms with Gasteiger partial charge in [-0.15, -0.1) is 0 Å². The number of rotatable bonds is 5. The molecule has 2 rings (SSSR count). The molecule has 0 atom stereocenters. The molecule has 2 aromatic carbocycles. The van der Waals surface area contributed by atoms with Crippen molar-refractivity contribution in [3.8, 4) is 11.5 Å². The van der Waals surface area contributed by atoms with E-state index in [-0.39, 0.29) is 0 Å². The first-order chi connectivity index (χ1) is 9.19. The molecule has 0 aromatic heterocycles. The van der Waals surface area contributed by atoms with Gasteiger partial charge in [0.2, 0.25) is 0 Å². The molecule has 0 bridgehead atoms. The molecule has 0 spiro atoms. The Labute approximate surface area is 126 Å². The van der Waals surface area contributed by atoms with Gasteiger partial charge in [-0.1, -0.05) is 24.6 Å². The Morgan fingerprint density at radius 1 is 1.16 bits per heavy atom. The summed E-state index contributed by atoms with van der Waals surface area (Å²) in [6, 6.07) is 13.4. The third kappa shape index (κ3) is 4.23. The second-order valence-electron chi connectivity index (χ2n) is 4.10. The Morgan fingerprint density at radius 3 is 2.53 bits per heavy atom. The molecule has 0 aliphatic heterocycles. The monoisotopic (exact) mass is 339 g/mol. The zero-order chi connectivity index (χ0) is 13.7. The molecular weight excluding hydrogens is 326 g/mol. The molecule has 100 valence electrons. The van der Waals surface area contributed by atoms with Crippen LogP contribution in [0, 0.1) is 0 Å². The van der Waals surface area contributed by atoms with Crippen molar-refractivity contribution in [2.24, 2.45) is 0 Å². The number of hydrogen-bond acceptors (Lipinski definition) is 2. The highest BCUT2D eigenvalue weighted by atomic mass is 79.9. The molecule has 2 aromatic rings. The molecule has 0 saturated carbocycles. The molecule has 4 heteroatoms. The smallest absolute Gasteiger partial charge is 0.141 e. The van der Waals surface area contributed by atoms with Crippen molar-refractivity contribution in [1.29, 1.82) is 0 Å². The minimum Gasteiger partial charge on any atom is -0.456 e. The van der Waals surface area contributed by atoms with Crippen LogP contribution in [0.25, 0.3) is 0 Å². The van der Waals surface area contributed by atoms with Crippen molar-refractivity contribution in [2.45, 2.75) is 13.5 Å². The maximum atomic E-state index is 5.84. The van der Waals surface area contributed by atoms with Crippen molar-refractivity contribution in [1.82, 2.24) is 5.32 Å². The molecule has 0 heterocycles. The molecule has 0 aliphatic rings. The van der Waals surface area contributed by atoms with Crippen LogP contribution < -0.4 is 10.1 Å². The first kappa shape index (κ1) is 14.4. The van der Waals surface area contributed by atoms with Crippen LogP contribution in [0.5, 0.6) is 11.5 Å². The molecule has 0 unspecified atom stereocenters. The van der Waals surface area contributed by atoms with Crippen LogP contribution >= 0.6 is 27.5 Å². The summed E-state index contributed by atoms with van der Waals surface area (Å²) in [6.45, 7) is 3.91. The molecule has 0 aliphatic carbocycles. The molecule has 0 saturated heterocycles. The predicted octanol–water partition coefficient (Wildman–Crippen LogP) is 5.00. The summed E-state index contributed by atoms with van der Waals surface area (Å²) >= 11 is 9.38. The van der Waals surface area contributed by atoms with E-state index in [1.54, 1.807) is 0 Å². The van der Waals surface area contributed by atoms with Crippen LogP contribution in [-0.4, -0.2) is 6.54 Å². The topological polar surface area (TPSA) is 21.3 Å². The minimum absolute atomic E-state index is 0.701. The third-order valence-electron chi connectivity index (χ3n) is 2.62. The van der Waals surface area contributed by atoms with Gasteiger partial charge in [-0.2, -0.15) is 0 Å². The second kappa shape index (κ2) is 6.94. The van der Waals surface area contributed by atoms with E-state index < -0.39 is 0 Å². The van der Waals surface area contributed by atoms with Gasteiger partial charge in [-0.05, 0) is 64.4 Å². The van der Waals surface area contributed by atoms with Gasteiger partial charge < -0.3 is 10.1 Å². The Balaban J connectivity index is 2.10. The molecular formula is C15H15BrClNO. The van der Waals surface area contributed by atoms with Gasteiger partial charge in [0.25, 0.3) is 0 Å². The maximum absolute atomic E-state index is 5.84. The first-order valence-electron chi connectivity index (χ1n) is 6.11. The lowest BCUT2D eigenvalue weighted by molar-refractivity contribution is 0.479. The summed E-state index contributed by atoms with van der Waals surface area (Å²) in [5.74, 6) is 1.56. The fourth-order valence-electron chi connectivity index (χ4n) is 1.64. The van der Waals surface area contributed by atoms with E-state index in [1.165, 1.54) is 5.56 Å². The van der Waals surface area contributed by atoms with E-state index in [1.807, 2.05) is 30.3 Å². The van der Waals surface area contributed by atoms with Crippen LogP contribution in [0.4, 0.5) is 0 Å². The summed E-state index contributed by atoms with van der Waals surface area (Å²) in [6.07, 6.45) is 0. The van der Waals surface area contributed by atoms with Crippen molar-refractivity contribution in [3.63, 3.8) is 0 Å². The number of hydrogen-bond donors (Lipinski definition) is 1. The fourth-order valence-corrected chi connectivity index (χ4v) is 2.27. The largest absolute Gasteiger partial charge is 0.456 e. The lowest BCUT2D eigenvalue weighted by Gasteiger charge is -2.10. The Bertz CT molecular complexity index is 542. The van der Waals surface area contributed by atoms with E-state index in [2.05, 4.69) is 40.3 Å². The molecule has 2 nitrogen and oxygen atoms in total. The zero-order valence-electron chi connectivity index (χ0n) is 10.6. The van der Waals surface area contributed by atoms with Gasteiger partial charge in [-0.25, -0.2) is 0 Å². The summed E-state index contributed by atoms with van der Waals surface area (Å²) < 4.78 is 6.74. The van der Waals surface area contributed by atoms with Gasteiger partial charge in [-0.3, -0.25) is 0 Å². The highest BCUT2D eigenvalue weighted by Crippen LogP contribution is 2.31. The molecule has 19 heavy (non-hydrogen) atoms. The fraction of sp³-hybridized carbons (Fsp3) is 0.200. The lowest BCUT2D eigenvalue weighted by atomic mass is 10.2. The SMILES string of the molecule is CCNCc1ccc(Oc2ccc(Cl)cc2)c(Br)c1. The normalized spacial score (nSPS) is 10.5. The Kier molecular flexibility index (Phi) is 5.25. The van der Waals surface area contributed by atoms with E-state index in [4.69, 9.17) is 16.3 Å². The lowest BCUT2D eigenvalue weighted by Crippen LogP contribution is -2.11. The van der Waals surface area contributed by atoms with Crippen LogP contribution in [-0.2, 0) is 6.54 Å². The highest BCUT2D eigenvalue weighted by molar-refractivity contribution is 9.10. The van der Waals surface area contributed by atoms with Crippen molar-refractivity contribution >= 4 is 27.5 Å². The highest BCUT2D eigenvalue weighted by Gasteiger charge is 2.04. The van der Waals surface area contributed by atoms with Crippen LogP contribution in [0.3, 0.4) is 0 Å². The Morgan fingerprint density at radius 2 is 1.89 bits per heavy atom. The summed E-state index contributed by atoms with van der Waals surface area (Å²) in [4.78, 5) is 0. The zero-order valence-corrected chi connectivity index (χ0v) is 13.0. The maximum Gasteiger partial charge on any atom is 0.141 e. The molecule has 1 N–H and O–H groups in total. The number of halogens is 2. The van der Waals surface area contributed by atoms with E-state index in [9.17, 15) is 0 Å². The van der Waals surface area contributed by atoms with Crippen molar-refractivity contribution in [3.05, 3.63) is 57.5 Å². The van der Waals surface area contributed by atoms with E-state index >= 15 is 0 Å². The summed E-state index contributed by atoms with van der Waals surface area (Å²) in [5, 5.41) is 3.99. The minimum atomic E-state index is 0.701. The third-order valence-corrected chi connectivity index (χ3v) is 3.49. The van der Waals surface area contributed by atoms with Crippen LogP contribution in [0.15, 0.2) is 46.9 Å². The van der Waals surface area contributed by atoms with Crippen LogP contribution in [0.1, 0.15) is 12.5 Å². The standard InChI is InChI=1S/C15H15BrClNO/c1-2-18-10-11-3-8-15(14(16)9-11)19-13-6-4-12(17)5-7-13/h3-9,18H,2,10H2,1H3. The average molecular weight is 341 g/mol. The molecule has 0 amide bonds. The summed E-state index contributed by atoms with van der Waals surface area (Å²) in [7, 11) is 0. The van der Waals surface area contributed by atoms with Crippen LogP contribution in [0.2, 0.25) is 5.02 Å². The van der Waals surface area contributed by atoms with Gasteiger partial charge in [0.15, 0.2) is 0 Å². The average Bonchev–Trinajstić information content (AvgIpc) is 2.41. The predicted molar refractivity (Wildman–Crippen MR) is 83.0 cm³/mol. The van der Waals surface area contributed by atoms with Gasteiger partial charge in [0.05, 0.1) is 4.47 Å². The molecule has 0 fully saturated rings. The number of nitrogens with one attached hydrogen (secondary N) is 1. The second-order valence-corrected chi connectivity index (χ2v) is 5.39.